The summed E-state index contributed by atoms with van der Waals surface area (Å²) in [6, 6.07) is 2.90. The number of carboxylic acids is 1. The van der Waals surface area contributed by atoms with Crippen molar-refractivity contribution in [3.05, 3.63) is 29.6 Å². The fourth-order valence-electron chi connectivity index (χ4n) is 2.21. The van der Waals surface area contributed by atoms with E-state index in [0.29, 0.717) is 5.56 Å². The molecule has 0 saturated heterocycles. The van der Waals surface area contributed by atoms with Crippen molar-refractivity contribution in [3.63, 3.8) is 0 Å². The van der Waals surface area contributed by atoms with Gasteiger partial charge in [-0.1, -0.05) is 0 Å². The SMILES string of the molecule is COC1CCC(NC(=O)c2ccc(C(=O)O)nc2)C1. The molecule has 1 fully saturated rings. The zero-order chi connectivity index (χ0) is 13.8. The minimum Gasteiger partial charge on any atom is -0.477 e. The van der Waals surface area contributed by atoms with Crippen molar-refractivity contribution in [2.75, 3.05) is 7.11 Å². The lowest BCUT2D eigenvalue weighted by Gasteiger charge is -2.12. The van der Waals surface area contributed by atoms with Crippen molar-refractivity contribution in [2.45, 2.75) is 31.4 Å². The first-order valence-corrected chi connectivity index (χ1v) is 6.13. The maximum atomic E-state index is 11.9. The van der Waals surface area contributed by atoms with Gasteiger partial charge in [0.1, 0.15) is 5.69 Å². The van der Waals surface area contributed by atoms with Gasteiger partial charge in [-0.15, -0.1) is 0 Å². The Balaban J connectivity index is 1.95. The van der Waals surface area contributed by atoms with Crippen LogP contribution in [0.2, 0.25) is 0 Å². The Bertz CT molecular complexity index is 472. The molecule has 1 aromatic rings. The monoisotopic (exact) mass is 264 g/mol. The molecule has 102 valence electrons. The van der Waals surface area contributed by atoms with Crippen LogP contribution in [-0.4, -0.2) is 41.2 Å². The molecule has 2 atom stereocenters. The Morgan fingerprint density at radius 1 is 1.42 bits per heavy atom. The van der Waals surface area contributed by atoms with Crippen LogP contribution in [0.5, 0.6) is 0 Å². The van der Waals surface area contributed by atoms with E-state index in [1.807, 2.05) is 0 Å². The quantitative estimate of drug-likeness (QED) is 0.849. The lowest BCUT2D eigenvalue weighted by molar-refractivity contribution is 0.0689. The molecule has 1 aliphatic rings. The fraction of sp³-hybridized carbons (Fsp3) is 0.462. The molecule has 0 radical (unpaired) electrons. The van der Waals surface area contributed by atoms with E-state index < -0.39 is 5.97 Å². The summed E-state index contributed by atoms with van der Waals surface area (Å²) in [6.45, 7) is 0. The van der Waals surface area contributed by atoms with E-state index >= 15 is 0 Å². The first-order chi connectivity index (χ1) is 9.10. The molecule has 0 bridgehead atoms. The van der Waals surface area contributed by atoms with Crippen LogP contribution in [0.4, 0.5) is 0 Å². The summed E-state index contributed by atoms with van der Waals surface area (Å²) in [5.74, 6) is -1.34. The van der Waals surface area contributed by atoms with Crippen molar-refractivity contribution >= 4 is 11.9 Å². The number of pyridine rings is 1. The number of carbonyl (C=O) groups is 2. The molecule has 1 amide bonds. The molecule has 0 spiro atoms. The molecular weight excluding hydrogens is 248 g/mol. The molecule has 1 aromatic heterocycles. The van der Waals surface area contributed by atoms with Gasteiger partial charge < -0.3 is 15.2 Å². The second-order valence-electron chi connectivity index (χ2n) is 4.58. The Morgan fingerprint density at radius 2 is 2.21 bits per heavy atom. The van der Waals surface area contributed by atoms with Gasteiger partial charge in [-0.25, -0.2) is 9.78 Å². The second-order valence-corrected chi connectivity index (χ2v) is 4.58. The number of aromatic carboxylic acids is 1. The molecule has 19 heavy (non-hydrogen) atoms. The van der Waals surface area contributed by atoms with Gasteiger partial charge in [0.25, 0.3) is 5.91 Å². The van der Waals surface area contributed by atoms with Crippen molar-refractivity contribution in [1.82, 2.24) is 10.3 Å². The number of rotatable bonds is 4. The molecular formula is C13H16N2O4. The second kappa shape index (κ2) is 5.79. The zero-order valence-electron chi connectivity index (χ0n) is 10.6. The number of nitrogens with zero attached hydrogens (tertiary/aromatic N) is 1. The van der Waals surface area contributed by atoms with Crippen LogP contribution >= 0.6 is 0 Å². The highest BCUT2D eigenvalue weighted by Crippen LogP contribution is 2.21. The van der Waals surface area contributed by atoms with E-state index in [0.717, 1.165) is 19.3 Å². The van der Waals surface area contributed by atoms with E-state index in [-0.39, 0.29) is 23.7 Å². The lowest BCUT2D eigenvalue weighted by Crippen LogP contribution is -2.33. The number of carbonyl (C=O) groups excluding carboxylic acids is 1. The van der Waals surface area contributed by atoms with Gasteiger partial charge in [-0.3, -0.25) is 4.79 Å². The van der Waals surface area contributed by atoms with Crippen molar-refractivity contribution in [1.29, 1.82) is 0 Å². The number of hydrogen-bond acceptors (Lipinski definition) is 4. The van der Waals surface area contributed by atoms with Gasteiger partial charge in [-0.2, -0.15) is 0 Å². The molecule has 1 saturated carbocycles. The van der Waals surface area contributed by atoms with Gasteiger partial charge in [0.2, 0.25) is 0 Å². The summed E-state index contributed by atoms with van der Waals surface area (Å²) in [7, 11) is 1.67. The molecule has 6 nitrogen and oxygen atoms in total. The van der Waals surface area contributed by atoms with E-state index in [1.54, 1.807) is 7.11 Å². The van der Waals surface area contributed by atoms with Gasteiger partial charge in [0.05, 0.1) is 11.7 Å². The molecule has 2 rings (SSSR count). The zero-order valence-corrected chi connectivity index (χ0v) is 10.6. The maximum absolute atomic E-state index is 11.9. The highest BCUT2D eigenvalue weighted by atomic mass is 16.5. The predicted octanol–water partition coefficient (Wildman–Crippen LogP) is 1.08. The molecule has 0 aliphatic heterocycles. The summed E-state index contributed by atoms with van der Waals surface area (Å²) in [6.07, 6.45) is 4.13. The van der Waals surface area contributed by atoms with Crippen LogP contribution in [0, 0.1) is 0 Å². The number of aromatic nitrogens is 1. The fourth-order valence-corrected chi connectivity index (χ4v) is 2.21. The normalized spacial score (nSPS) is 22.2. The highest BCUT2D eigenvalue weighted by molar-refractivity contribution is 5.95. The van der Waals surface area contributed by atoms with Gasteiger partial charge >= 0.3 is 5.97 Å². The molecule has 2 unspecified atom stereocenters. The summed E-state index contributed by atoms with van der Waals surface area (Å²) < 4.78 is 5.24. The molecule has 1 aliphatic carbocycles. The third-order valence-electron chi connectivity index (χ3n) is 3.30. The van der Waals surface area contributed by atoms with E-state index in [9.17, 15) is 9.59 Å². The van der Waals surface area contributed by atoms with Gasteiger partial charge in [0, 0.05) is 19.3 Å². The van der Waals surface area contributed by atoms with Crippen molar-refractivity contribution in [3.8, 4) is 0 Å². The Kier molecular flexibility index (Phi) is 4.11. The minimum absolute atomic E-state index is 0.0723. The van der Waals surface area contributed by atoms with Crippen LogP contribution < -0.4 is 5.32 Å². The van der Waals surface area contributed by atoms with Crippen LogP contribution in [-0.2, 0) is 4.74 Å². The third-order valence-corrected chi connectivity index (χ3v) is 3.30. The smallest absolute Gasteiger partial charge is 0.354 e. The number of nitrogens with one attached hydrogen (secondary N) is 1. The van der Waals surface area contributed by atoms with E-state index in [2.05, 4.69) is 10.3 Å². The number of methoxy groups -OCH3 is 1. The predicted molar refractivity (Wildman–Crippen MR) is 67.1 cm³/mol. The number of amides is 1. The minimum atomic E-state index is -1.11. The van der Waals surface area contributed by atoms with Crippen molar-refractivity contribution in [2.24, 2.45) is 0 Å². The molecule has 1 heterocycles. The summed E-state index contributed by atoms with van der Waals surface area (Å²) in [5, 5.41) is 11.6. The lowest BCUT2D eigenvalue weighted by atomic mass is 10.2. The standard InChI is InChI=1S/C13H16N2O4/c1-19-10-4-3-9(6-10)15-12(16)8-2-5-11(13(17)18)14-7-8/h2,5,7,9-10H,3-4,6H2,1H3,(H,15,16)(H,17,18). The molecule has 2 N–H and O–H groups in total. The summed E-state index contributed by atoms with van der Waals surface area (Å²) >= 11 is 0. The number of hydrogen-bond donors (Lipinski definition) is 2. The number of carboxylic acid groups (broad SMARTS) is 1. The average Bonchev–Trinajstić information content (AvgIpc) is 2.86. The third kappa shape index (κ3) is 3.29. The van der Waals surface area contributed by atoms with Gasteiger partial charge in [0.15, 0.2) is 0 Å². The molecule has 0 aromatic carbocycles. The van der Waals surface area contributed by atoms with E-state index in [4.69, 9.17) is 9.84 Å². The number of ether oxygens (including phenoxy) is 1. The largest absolute Gasteiger partial charge is 0.477 e. The maximum Gasteiger partial charge on any atom is 0.354 e. The Labute approximate surface area is 110 Å². The van der Waals surface area contributed by atoms with Crippen molar-refractivity contribution < 1.29 is 19.4 Å². The average molecular weight is 264 g/mol. The summed E-state index contributed by atoms with van der Waals surface area (Å²) in [5.41, 5.74) is 0.294. The first-order valence-electron chi connectivity index (χ1n) is 6.13. The topological polar surface area (TPSA) is 88.5 Å². The first kappa shape index (κ1) is 13.5. The van der Waals surface area contributed by atoms with E-state index in [1.165, 1.54) is 18.3 Å². The van der Waals surface area contributed by atoms with Crippen LogP contribution in [0.1, 0.15) is 40.1 Å². The van der Waals surface area contributed by atoms with Crippen LogP contribution in [0.15, 0.2) is 18.3 Å². The summed E-state index contributed by atoms with van der Waals surface area (Å²) in [4.78, 5) is 26.3. The van der Waals surface area contributed by atoms with Crippen LogP contribution in [0.25, 0.3) is 0 Å². The van der Waals surface area contributed by atoms with Gasteiger partial charge in [-0.05, 0) is 31.4 Å². The Morgan fingerprint density at radius 3 is 2.74 bits per heavy atom. The van der Waals surface area contributed by atoms with Crippen LogP contribution in [0.3, 0.4) is 0 Å². The molecule has 6 heteroatoms. The highest BCUT2D eigenvalue weighted by Gasteiger charge is 2.25. The Hall–Kier alpha value is -1.95.